The van der Waals surface area contributed by atoms with E-state index in [0.29, 0.717) is 12.4 Å². The van der Waals surface area contributed by atoms with Gasteiger partial charge in [0.2, 0.25) is 6.79 Å². The first-order valence-corrected chi connectivity index (χ1v) is 6.85. The van der Waals surface area contributed by atoms with Crippen molar-refractivity contribution in [3.63, 3.8) is 0 Å². The van der Waals surface area contributed by atoms with Gasteiger partial charge >= 0.3 is 0 Å². The van der Waals surface area contributed by atoms with Crippen LogP contribution < -0.4 is 18.9 Å². The number of benzene rings is 2. The smallest absolute Gasteiger partial charge is 0.231 e. The fourth-order valence-electron chi connectivity index (χ4n) is 3.23. The minimum atomic E-state index is -0.0909. The first-order valence-electron chi connectivity index (χ1n) is 6.85. The van der Waals surface area contributed by atoms with Crippen molar-refractivity contribution in [1.29, 1.82) is 0 Å². The number of hydrogen-bond acceptors (Lipinski definition) is 5. The molecular weight excluding hydrogens is 272 g/mol. The molecule has 0 spiro atoms. The van der Waals surface area contributed by atoms with Crippen molar-refractivity contribution in [2.45, 2.75) is 12.0 Å². The van der Waals surface area contributed by atoms with Gasteiger partial charge in [-0.25, -0.2) is 0 Å². The first-order chi connectivity index (χ1) is 10.3. The van der Waals surface area contributed by atoms with Crippen LogP contribution in [0.2, 0.25) is 0 Å². The molecule has 3 heterocycles. The van der Waals surface area contributed by atoms with E-state index < -0.39 is 0 Å². The summed E-state index contributed by atoms with van der Waals surface area (Å²) in [4.78, 5) is 0. The van der Waals surface area contributed by atoms with Gasteiger partial charge in [-0.3, -0.25) is 0 Å². The Labute approximate surface area is 120 Å². The second-order valence-electron chi connectivity index (χ2n) is 5.42. The van der Waals surface area contributed by atoms with Gasteiger partial charge in [0, 0.05) is 23.3 Å². The van der Waals surface area contributed by atoms with E-state index in [-0.39, 0.29) is 24.6 Å². The molecule has 0 amide bonds. The van der Waals surface area contributed by atoms with E-state index in [9.17, 15) is 5.11 Å². The average Bonchev–Trinajstić information content (AvgIpc) is 3.07. The third kappa shape index (κ3) is 1.46. The molecule has 3 aliphatic heterocycles. The number of rotatable bonds is 0. The molecule has 0 unspecified atom stereocenters. The van der Waals surface area contributed by atoms with Crippen LogP contribution in [0.1, 0.15) is 23.1 Å². The van der Waals surface area contributed by atoms with Gasteiger partial charge in [-0.15, -0.1) is 0 Å². The van der Waals surface area contributed by atoms with Crippen LogP contribution in [0.15, 0.2) is 30.3 Å². The summed E-state index contributed by atoms with van der Waals surface area (Å²) in [7, 11) is 0. The number of hydrogen-bond donors (Lipinski definition) is 1. The highest BCUT2D eigenvalue weighted by Crippen LogP contribution is 2.54. The number of fused-ring (bicyclic) bond motifs is 6. The zero-order valence-corrected chi connectivity index (χ0v) is 11.0. The van der Waals surface area contributed by atoms with Gasteiger partial charge in [0.05, 0.1) is 12.5 Å². The monoisotopic (exact) mass is 284 g/mol. The molecule has 0 saturated heterocycles. The number of phenolic OH excluding ortho intramolecular Hbond substituents is 1. The Kier molecular flexibility index (Phi) is 1.99. The lowest BCUT2D eigenvalue weighted by Gasteiger charge is -2.27. The van der Waals surface area contributed by atoms with Crippen molar-refractivity contribution in [2.75, 3.05) is 13.4 Å². The lowest BCUT2D eigenvalue weighted by molar-refractivity contribution is 0.138. The Morgan fingerprint density at radius 3 is 2.62 bits per heavy atom. The van der Waals surface area contributed by atoms with Crippen molar-refractivity contribution in [3.05, 3.63) is 41.5 Å². The van der Waals surface area contributed by atoms with Crippen LogP contribution in [-0.4, -0.2) is 18.5 Å². The van der Waals surface area contributed by atoms with Crippen molar-refractivity contribution in [3.8, 4) is 28.7 Å². The van der Waals surface area contributed by atoms with Gasteiger partial charge in [0.1, 0.15) is 23.4 Å². The molecule has 106 valence electrons. The van der Waals surface area contributed by atoms with Crippen molar-refractivity contribution in [2.24, 2.45) is 0 Å². The highest BCUT2D eigenvalue weighted by atomic mass is 16.7. The Morgan fingerprint density at radius 1 is 0.857 bits per heavy atom. The molecule has 1 N–H and O–H groups in total. The largest absolute Gasteiger partial charge is 0.508 e. The first kappa shape index (κ1) is 11.1. The Hall–Kier alpha value is -2.56. The van der Waals surface area contributed by atoms with Crippen molar-refractivity contribution < 1.29 is 24.1 Å². The standard InChI is InChI=1S/C16H12O5/c17-8-1-2-9-12(3-8)18-6-11-10-4-14-15(20-7-19-14)5-13(10)21-16(9)11/h1-5,11,16-17H,6-7H2/t11-,16-/m1/s1. The highest BCUT2D eigenvalue weighted by Gasteiger charge is 2.42. The van der Waals surface area contributed by atoms with Crippen molar-refractivity contribution >= 4 is 0 Å². The van der Waals surface area contributed by atoms with Crippen molar-refractivity contribution in [1.82, 2.24) is 0 Å². The van der Waals surface area contributed by atoms with Crippen LogP contribution in [0, 0.1) is 0 Å². The minimum absolute atomic E-state index is 0.0909. The van der Waals surface area contributed by atoms with E-state index in [1.54, 1.807) is 12.1 Å². The summed E-state index contributed by atoms with van der Waals surface area (Å²) in [6, 6.07) is 9.01. The zero-order chi connectivity index (χ0) is 14.0. The predicted molar refractivity (Wildman–Crippen MR) is 72.3 cm³/mol. The normalized spacial score (nSPS) is 23.6. The predicted octanol–water partition coefficient (Wildman–Crippen LogP) is 2.73. The molecule has 0 saturated carbocycles. The van der Waals surface area contributed by atoms with Crippen LogP contribution in [-0.2, 0) is 0 Å². The van der Waals surface area contributed by atoms with E-state index >= 15 is 0 Å². The fourth-order valence-corrected chi connectivity index (χ4v) is 3.23. The molecule has 5 nitrogen and oxygen atoms in total. The third-order valence-corrected chi connectivity index (χ3v) is 4.25. The molecule has 5 heteroatoms. The van der Waals surface area contributed by atoms with E-state index in [1.807, 2.05) is 18.2 Å². The Morgan fingerprint density at radius 2 is 1.71 bits per heavy atom. The van der Waals surface area contributed by atoms with Gasteiger partial charge in [-0.05, 0) is 18.2 Å². The summed E-state index contributed by atoms with van der Waals surface area (Å²) in [5.41, 5.74) is 2.05. The van der Waals surface area contributed by atoms with E-state index in [4.69, 9.17) is 18.9 Å². The topological polar surface area (TPSA) is 57.2 Å². The van der Waals surface area contributed by atoms with E-state index in [0.717, 1.165) is 28.4 Å². The lowest BCUT2D eigenvalue weighted by Crippen LogP contribution is -2.23. The van der Waals surface area contributed by atoms with Crippen LogP contribution in [0.3, 0.4) is 0 Å². The van der Waals surface area contributed by atoms with Crippen LogP contribution in [0.25, 0.3) is 0 Å². The molecule has 0 fully saturated rings. The summed E-state index contributed by atoms with van der Waals surface area (Å²) < 4.78 is 22.7. The summed E-state index contributed by atoms with van der Waals surface area (Å²) in [5, 5.41) is 9.56. The molecule has 2 aromatic rings. The van der Waals surface area contributed by atoms with Gasteiger partial charge in [-0.1, -0.05) is 0 Å². The number of phenols is 1. The van der Waals surface area contributed by atoms with Gasteiger partial charge in [0.25, 0.3) is 0 Å². The maximum absolute atomic E-state index is 9.56. The van der Waals surface area contributed by atoms with E-state index in [1.165, 1.54) is 0 Å². The second-order valence-corrected chi connectivity index (χ2v) is 5.42. The summed E-state index contributed by atoms with van der Waals surface area (Å²) in [6.45, 7) is 0.776. The molecule has 21 heavy (non-hydrogen) atoms. The van der Waals surface area contributed by atoms with Gasteiger partial charge in [-0.2, -0.15) is 0 Å². The molecule has 0 bridgehead atoms. The second kappa shape index (κ2) is 3.75. The highest BCUT2D eigenvalue weighted by molar-refractivity contribution is 5.57. The fraction of sp³-hybridized carbons (Fsp3) is 0.250. The molecule has 2 atom stereocenters. The van der Waals surface area contributed by atoms with Crippen LogP contribution in [0.4, 0.5) is 0 Å². The molecule has 2 aromatic carbocycles. The molecular formula is C16H12O5. The SMILES string of the molecule is Oc1ccc2c(c1)OC[C@@H]1c3cc4c(cc3O[C@H]21)OCO4. The number of aromatic hydroxyl groups is 1. The maximum Gasteiger partial charge on any atom is 0.231 e. The molecule has 0 radical (unpaired) electrons. The van der Waals surface area contributed by atoms with Crippen LogP contribution >= 0.6 is 0 Å². The molecule has 3 aliphatic rings. The number of ether oxygens (including phenoxy) is 4. The van der Waals surface area contributed by atoms with Gasteiger partial charge in [0.15, 0.2) is 11.5 Å². The third-order valence-electron chi connectivity index (χ3n) is 4.25. The molecule has 0 aromatic heterocycles. The van der Waals surface area contributed by atoms with Crippen LogP contribution in [0.5, 0.6) is 28.7 Å². The molecule has 0 aliphatic carbocycles. The lowest BCUT2D eigenvalue weighted by atomic mass is 9.89. The molecule has 5 rings (SSSR count). The summed E-state index contributed by atoms with van der Waals surface area (Å²) >= 11 is 0. The Bertz CT molecular complexity index is 755. The summed E-state index contributed by atoms with van der Waals surface area (Å²) in [6.07, 6.45) is -0.0909. The quantitative estimate of drug-likeness (QED) is 0.806. The summed E-state index contributed by atoms with van der Waals surface area (Å²) in [5.74, 6) is 3.31. The minimum Gasteiger partial charge on any atom is -0.508 e. The Balaban J connectivity index is 1.62. The average molecular weight is 284 g/mol. The van der Waals surface area contributed by atoms with E-state index in [2.05, 4.69) is 0 Å². The maximum atomic E-state index is 9.56. The zero-order valence-electron chi connectivity index (χ0n) is 11.0. The van der Waals surface area contributed by atoms with Gasteiger partial charge < -0.3 is 24.1 Å².